The van der Waals surface area contributed by atoms with Gasteiger partial charge in [-0.1, -0.05) is 36.4 Å². The predicted molar refractivity (Wildman–Crippen MR) is 114 cm³/mol. The molecule has 4 aromatic rings. The number of rotatable bonds is 7. The molecule has 0 aliphatic heterocycles. The van der Waals surface area contributed by atoms with Crippen molar-refractivity contribution in [1.29, 1.82) is 0 Å². The van der Waals surface area contributed by atoms with E-state index < -0.39 is 5.91 Å². The van der Waals surface area contributed by atoms with Gasteiger partial charge in [-0.25, -0.2) is 4.98 Å². The Bertz CT molecular complexity index is 1230. The average molecular weight is 421 g/mol. The first kappa shape index (κ1) is 19.7. The van der Waals surface area contributed by atoms with Crippen LogP contribution in [-0.4, -0.2) is 22.4 Å². The lowest BCUT2D eigenvalue weighted by atomic mass is 10.2. The molecule has 0 bridgehead atoms. The lowest BCUT2D eigenvalue weighted by Gasteiger charge is -2.13. The molecular weight excluding hydrogens is 402 g/mol. The zero-order valence-corrected chi connectivity index (χ0v) is 17.0. The molecule has 8 heteroatoms. The maximum absolute atomic E-state index is 12.5. The number of aromatic nitrogens is 2. The number of hydrogen-bond donors (Lipinski definition) is 1. The van der Waals surface area contributed by atoms with Gasteiger partial charge in [-0.05, 0) is 23.3 Å². The van der Waals surface area contributed by atoms with Crippen molar-refractivity contribution in [3.05, 3.63) is 93.3 Å². The van der Waals surface area contributed by atoms with Crippen LogP contribution in [0.15, 0.2) is 71.1 Å². The Balaban J connectivity index is 1.43. The van der Waals surface area contributed by atoms with Crippen LogP contribution in [0.2, 0.25) is 0 Å². The van der Waals surface area contributed by atoms with Crippen LogP contribution >= 0.6 is 11.3 Å². The van der Waals surface area contributed by atoms with E-state index in [1.54, 1.807) is 30.8 Å². The molecule has 2 aromatic heterocycles. The SMILES string of the molecule is COc1cc(CNC(=O)c2cnc3sccn3c2=O)ccc1OCc1ccccc1. The summed E-state index contributed by atoms with van der Waals surface area (Å²) in [5.41, 5.74) is 1.48. The number of hydrogen-bond acceptors (Lipinski definition) is 6. The van der Waals surface area contributed by atoms with Gasteiger partial charge in [0.05, 0.1) is 7.11 Å². The highest BCUT2D eigenvalue weighted by Gasteiger charge is 2.14. The number of carbonyl (C=O) groups is 1. The number of nitrogens with one attached hydrogen (secondary N) is 1. The Labute approximate surface area is 176 Å². The lowest BCUT2D eigenvalue weighted by molar-refractivity contribution is 0.0949. The van der Waals surface area contributed by atoms with E-state index in [9.17, 15) is 9.59 Å². The second-order valence-electron chi connectivity index (χ2n) is 6.47. The predicted octanol–water partition coefficient (Wildman–Crippen LogP) is 3.27. The summed E-state index contributed by atoms with van der Waals surface area (Å²) in [5.74, 6) is 0.706. The number of benzene rings is 2. The molecule has 0 saturated heterocycles. The quantitative estimate of drug-likeness (QED) is 0.495. The Morgan fingerprint density at radius 2 is 1.97 bits per heavy atom. The Kier molecular flexibility index (Phi) is 5.76. The van der Waals surface area contributed by atoms with E-state index in [1.165, 1.54) is 21.9 Å². The fraction of sp³-hybridized carbons (Fsp3) is 0.136. The fourth-order valence-electron chi connectivity index (χ4n) is 2.93. The first-order valence-corrected chi connectivity index (χ1v) is 10.1. The van der Waals surface area contributed by atoms with Gasteiger partial charge >= 0.3 is 0 Å². The first-order valence-electron chi connectivity index (χ1n) is 9.22. The normalized spacial score (nSPS) is 10.7. The van der Waals surface area contributed by atoms with Crippen molar-refractivity contribution in [3.63, 3.8) is 0 Å². The van der Waals surface area contributed by atoms with Crippen LogP contribution in [0.25, 0.3) is 4.96 Å². The number of nitrogens with zero attached hydrogens (tertiary/aromatic N) is 2. The minimum absolute atomic E-state index is 0.000629. The average Bonchev–Trinajstić information content (AvgIpc) is 3.27. The monoisotopic (exact) mass is 421 g/mol. The van der Waals surface area contributed by atoms with Gasteiger partial charge in [0, 0.05) is 24.3 Å². The van der Waals surface area contributed by atoms with Crippen LogP contribution in [0, 0.1) is 0 Å². The molecule has 30 heavy (non-hydrogen) atoms. The second kappa shape index (κ2) is 8.79. The molecule has 7 nitrogen and oxygen atoms in total. The zero-order chi connectivity index (χ0) is 20.9. The van der Waals surface area contributed by atoms with Crippen molar-refractivity contribution in [1.82, 2.24) is 14.7 Å². The van der Waals surface area contributed by atoms with Gasteiger partial charge in [-0.2, -0.15) is 0 Å². The Morgan fingerprint density at radius 3 is 2.77 bits per heavy atom. The zero-order valence-electron chi connectivity index (χ0n) is 16.2. The maximum Gasteiger partial charge on any atom is 0.271 e. The van der Waals surface area contributed by atoms with Crippen molar-refractivity contribution in [2.75, 3.05) is 7.11 Å². The van der Waals surface area contributed by atoms with Crippen LogP contribution < -0.4 is 20.3 Å². The molecule has 2 aromatic carbocycles. The molecule has 152 valence electrons. The van der Waals surface area contributed by atoms with Gasteiger partial charge in [0.2, 0.25) is 0 Å². The van der Waals surface area contributed by atoms with Crippen LogP contribution in [0.3, 0.4) is 0 Å². The lowest BCUT2D eigenvalue weighted by Crippen LogP contribution is -2.30. The number of carbonyl (C=O) groups excluding carboxylic acids is 1. The Hall–Kier alpha value is -3.65. The van der Waals surface area contributed by atoms with Crippen molar-refractivity contribution in [2.45, 2.75) is 13.2 Å². The third kappa shape index (κ3) is 4.18. The number of fused-ring (bicyclic) bond motifs is 1. The van der Waals surface area contributed by atoms with E-state index in [-0.39, 0.29) is 17.7 Å². The molecule has 0 aliphatic carbocycles. The molecule has 2 heterocycles. The standard InChI is InChI=1S/C22H19N3O4S/c1-28-19-11-16(7-8-18(19)29-14-15-5-3-2-4-6-15)12-23-20(26)17-13-24-22-25(21(17)27)9-10-30-22/h2-11,13H,12,14H2,1H3,(H,23,26). The topological polar surface area (TPSA) is 81.9 Å². The van der Waals surface area contributed by atoms with E-state index in [2.05, 4.69) is 10.3 Å². The summed E-state index contributed by atoms with van der Waals surface area (Å²) in [6, 6.07) is 15.3. The summed E-state index contributed by atoms with van der Waals surface area (Å²) in [4.78, 5) is 29.6. The van der Waals surface area contributed by atoms with Gasteiger partial charge in [0.1, 0.15) is 12.2 Å². The highest BCUT2D eigenvalue weighted by molar-refractivity contribution is 7.15. The largest absolute Gasteiger partial charge is 0.493 e. The highest BCUT2D eigenvalue weighted by atomic mass is 32.1. The third-order valence-electron chi connectivity index (χ3n) is 4.51. The number of ether oxygens (including phenoxy) is 2. The summed E-state index contributed by atoms with van der Waals surface area (Å²) in [5, 5.41) is 4.51. The van der Waals surface area contributed by atoms with Crippen molar-refractivity contribution in [2.24, 2.45) is 0 Å². The summed E-state index contributed by atoms with van der Waals surface area (Å²) in [6.45, 7) is 0.662. The number of amides is 1. The molecule has 0 unspecified atom stereocenters. The van der Waals surface area contributed by atoms with Gasteiger partial charge < -0.3 is 14.8 Å². The number of methoxy groups -OCH3 is 1. The molecule has 0 aliphatic rings. The van der Waals surface area contributed by atoms with E-state index in [1.807, 2.05) is 36.4 Å². The minimum atomic E-state index is -0.475. The highest BCUT2D eigenvalue weighted by Crippen LogP contribution is 2.28. The van der Waals surface area contributed by atoms with Crippen molar-refractivity contribution >= 4 is 22.2 Å². The molecule has 4 rings (SSSR count). The molecule has 1 amide bonds. The van der Waals surface area contributed by atoms with Gasteiger partial charge in [-0.3, -0.25) is 14.0 Å². The molecule has 1 N–H and O–H groups in total. The summed E-state index contributed by atoms with van der Waals surface area (Å²) >= 11 is 1.33. The van der Waals surface area contributed by atoms with Crippen LogP contribution in [0.4, 0.5) is 0 Å². The summed E-state index contributed by atoms with van der Waals surface area (Å²) in [7, 11) is 1.57. The fourth-order valence-corrected chi connectivity index (χ4v) is 3.61. The van der Waals surface area contributed by atoms with Gasteiger partial charge in [0.25, 0.3) is 11.5 Å². The van der Waals surface area contributed by atoms with E-state index in [4.69, 9.17) is 9.47 Å². The smallest absolute Gasteiger partial charge is 0.271 e. The van der Waals surface area contributed by atoms with Crippen LogP contribution in [0.1, 0.15) is 21.5 Å². The van der Waals surface area contributed by atoms with Crippen molar-refractivity contribution < 1.29 is 14.3 Å². The van der Waals surface area contributed by atoms with Crippen molar-refractivity contribution in [3.8, 4) is 11.5 Å². The molecule has 0 radical (unpaired) electrons. The van der Waals surface area contributed by atoms with E-state index in [0.29, 0.717) is 23.1 Å². The van der Waals surface area contributed by atoms with Gasteiger partial charge in [-0.15, -0.1) is 11.3 Å². The van der Waals surface area contributed by atoms with Crippen LogP contribution in [0.5, 0.6) is 11.5 Å². The van der Waals surface area contributed by atoms with E-state index >= 15 is 0 Å². The van der Waals surface area contributed by atoms with Gasteiger partial charge in [0.15, 0.2) is 16.5 Å². The van der Waals surface area contributed by atoms with E-state index in [0.717, 1.165) is 11.1 Å². The Morgan fingerprint density at radius 1 is 1.13 bits per heavy atom. The maximum atomic E-state index is 12.5. The molecule has 0 saturated carbocycles. The summed E-state index contributed by atoms with van der Waals surface area (Å²) in [6.07, 6.45) is 2.91. The number of thiazole rings is 1. The molecular formula is C22H19N3O4S. The summed E-state index contributed by atoms with van der Waals surface area (Å²) < 4.78 is 12.6. The second-order valence-corrected chi connectivity index (χ2v) is 7.35. The molecule has 0 atom stereocenters. The van der Waals surface area contributed by atoms with Crippen LogP contribution in [-0.2, 0) is 13.2 Å². The first-order chi connectivity index (χ1) is 14.7. The third-order valence-corrected chi connectivity index (χ3v) is 5.28. The molecule has 0 fully saturated rings. The minimum Gasteiger partial charge on any atom is -0.493 e. The molecule has 0 spiro atoms.